The molecule has 1 saturated heterocycles. The number of carbonyl (C=O) groups excluding carboxylic acids is 1. The molecule has 0 saturated carbocycles. The van der Waals surface area contributed by atoms with Crippen LogP contribution in [0.2, 0.25) is 0 Å². The number of carbonyl (C=O) groups is 1. The Bertz CT molecular complexity index is 750. The molecule has 2 aromatic rings. The first kappa shape index (κ1) is 19.0. The molecule has 1 fully saturated rings. The van der Waals surface area contributed by atoms with Crippen molar-refractivity contribution in [2.24, 2.45) is 0 Å². The number of piperidine rings is 1. The molecule has 0 bridgehead atoms. The number of imidazole rings is 1. The van der Waals surface area contributed by atoms with E-state index >= 15 is 0 Å². The molecule has 5 nitrogen and oxygen atoms in total. The summed E-state index contributed by atoms with van der Waals surface area (Å²) < 4.78 is 2.07. The molecule has 0 aliphatic carbocycles. The lowest BCUT2D eigenvalue weighted by atomic mass is 10.1. The summed E-state index contributed by atoms with van der Waals surface area (Å²) in [7, 11) is 0. The van der Waals surface area contributed by atoms with Crippen molar-refractivity contribution in [3.8, 4) is 5.69 Å². The van der Waals surface area contributed by atoms with Crippen molar-refractivity contribution in [2.45, 2.75) is 44.8 Å². The van der Waals surface area contributed by atoms with Crippen molar-refractivity contribution in [3.05, 3.63) is 41.7 Å². The van der Waals surface area contributed by atoms with Gasteiger partial charge in [0.05, 0.1) is 11.4 Å². The number of hydrogen-bond acceptors (Lipinski definition) is 4. The summed E-state index contributed by atoms with van der Waals surface area (Å²) in [4.78, 5) is 19.2. The number of nitrogens with zero attached hydrogens (tertiary/aromatic N) is 3. The van der Waals surface area contributed by atoms with E-state index in [0.29, 0.717) is 11.8 Å². The second-order valence-corrected chi connectivity index (χ2v) is 7.88. The molecule has 1 aliphatic rings. The van der Waals surface area contributed by atoms with Crippen molar-refractivity contribution in [3.63, 3.8) is 0 Å². The fraction of sp³-hybridized carbons (Fsp3) is 0.500. The van der Waals surface area contributed by atoms with Gasteiger partial charge in [0, 0.05) is 31.5 Å². The number of nitrogens with one attached hydrogen (secondary N) is 1. The normalized spacial score (nSPS) is 16.0. The summed E-state index contributed by atoms with van der Waals surface area (Å²) in [5.74, 6) is 0.496. The zero-order valence-electron chi connectivity index (χ0n) is 15.9. The highest BCUT2D eigenvalue weighted by Gasteiger charge is 2.20. The second kappa shape index (κ2) is 8.73. The van der Waals surface area contributed by atoms with Gasteiger partial charge in [0.1, 0.15) is 0 Å². The van der Waals surface area contributed by atoms with Crippen molar-refractivity contribution >= 4 is 17.7 Å². The van der Waals surface area contributed by atoms with E-state index in [-0.39, 0.29) is 5.91 Å². The number of aromatic nitrogens is 2. The Morgan fingerprint density at radius 3 is 2.81 bits per heavy atom. The van der Waals surface area contributed by atoms with Gasteiger partial charge in [-0.25, -0.2) is 4.98 Å². The smallest absolute Gasteiger partial charge is 0.230 e. The maximum Gasteiger partial charge on any atom is 0.230 e. The minimum atomic E-state index is 0.0977. The Hall–Kier alpha value is -1.79. The van der Waals surface area contributed by atoms with Crippen LogP contribution in [-0.2, 0) is 4.79 Å². The standard InChI is InChI=1S/C20H28N4OS/c1-4-23-10-7-17(8-11-23)22-19(25)14-26-20-21-9-12-24(20)18-13-15(2)5-6-16(18)3/h5-6,9,12-13,17H,4,7-8,10-11,14H2,1-3H3,(H,22,25). The maximum atomic E-state index is 12.3. The lowest BCUT2D eigenvalue weighted by Crippen LogP contribution is -2.45. The Morgan fingerprint density at radius 1 is 1.31 bits per heavy atom. The minimum Gasteiger partial charge on any atom is -0.353 e. The molecule has 26 heavy (non-hydrogen) atoms. The van der Waals surface area contributed by atoms with Crippen LogP contribution in [0.5, 0.6) is 0 Å². The predicted molar refractivity (Wildman–Crippen MR) is 107 cm³/mol. The molecular formula is C20H28N4OS. The quantitative estimate of drug-likeness (QED) is 0.791. The second-order valence-electron chi connectivity index (χ2n) is 6.93. The fourth-order valence-electron chi connectivity index (χ4n) is 3.35. The molecule has 1 aromatic heterocycles. The van der Waals surface area contributed by atoms with E-state index in [0.717, 1.165) is 43.3 Å². The lowest BCUT2D eigenvalue weighted by molar-refractivity contribution is -0.119. The maximum absolute atomic E-state index is 12.3. The van der Waals surface area contributed by atoms with Crippen LogP contribution in [-0.4, -0.2) is 51.8 Å². The number of hydrogen-bond donors (Lipinski definition) is 1. The van der Waals surface area contributed by atoms with Gasteiger partial charge < -0.3 is 10.2 Å². The van der Waals surface area contributed by atoms with Gasteiger partial charge in [0.15, 0.2) is 5.16 Å². The molecular weight excluding hydrogens is 344 g/mol. The zero-order chi connectivity index (χ0) is 18.5. The molecule has 140 valence electrons. The van der Waals surface area contributed by atoms with Gasteiger partial charge >= 0.3 is 0 Å². The topological polar surface area (TPSA) is 50.2 Å². The third-order valence-corrected chi connectivity index (χ3v) is 5.93. The monoisotopic (exact) mass is 372 g/mol. The molecule has 6 heteroatoms. The molecule has 0 unspecified atom stereocenters. The van der Waals surface area contributed by atoms with Gasteiger partial charge in [-0.05, 0) is 50.4 Å². The van der Waals surface area contributed by atoms with Gasteiger partial charge in [-0.2, -0.15) is 0 Å². The van der Waals surface area contributed by atoms with Crippen molar-refractivity contribution in [1.82, 2.24) is 19.8 Å². The van der Waals surface area contributed by atoms with Gasteiger partial charge in [-0.1, -0.05) is 30.8 Å². The number of rotatable bonds is 6. The van der Waals surface area contributed by atoms with Crippen molar-refractivity contribution < 1.29 is 4.79 Å². The summed E-state index contributed by atoms with van der Waals surface area (Å²) >= 11 is 1.49. The van der Waals surface area contributed by atoms with Crippen LogP contribution in [0.3, 0.4) is 0 Å². The van der Waals surface area contributed by atoms with Crippen LogP contribution in [0, 0.1) is 13.8 Å². The highest BCUT2D eigenvalue weighted by molar-refractivity contribution is 7.99. The summed E-state index contributed by atoms with van der Waals surface area (Å²) in [6.07, 6.45) is 5.84. The van der Waals surface area contributed by atoms with Crippen molar-refractivity contribution in [2.75, 3.05) is 25.4 Å². The molecule has 0 spiro atoms. The Kier molecular flexibility index (Phi) is 6.38. The first-order valence-corrected chi connectivity index (χ1v) is 10.3. The number of thioether (sulfide) groups is 1. The third-order valence-electron chi connectivity index (χ3n) is 4.96. The zero-order valence-corrected chi connectivity index (χ0v) is 16.7. The Morgan fingerprint density at radius 2 is 2.08 bits per heavy atom. The first-order chi connectivity index (χ1) is 12.6. The van der Waals surface area contributed by atoms with Crippen LogP contribution in [0.1, 0.15) is 30.9 Å². The van der Waals surface area contributed by atoms with Crippen LogP contribution >= 0.6 is 11.8 Å². The predicted octanol–water partition coefficient (Wildman–Crippen LogP) is 3.18. The number of benzene rings is 1. The number of likely N-dealkylation sites (tertiary alicyclic amines) is 1. The van der Waals surface area contributed by atoms with Gasteiger partial charge in [0.25, 0.3) is 0 Å². The van der Waals surface area contributed by atoms with E-state index < -0.39 is 0 Å². The highest BCUT2D eigenvalue weighted by Crippen LogP contribution is 2.23. The SMILES string of the molecule is CCN1CCC(NC(=O)CSc2nccn2-c2cc(C)ccc2C)CC1. The Labute approximate surface area is 160 Å². The largest absolute Gasteiger partial charge is 0.353 e. The third kappa shape index (κ3) is 4.68. The number of aryl methyl sites for hydroxylation is 2. The van der Waals surface area contributed by atoms with E-state index in [2.05, 4.69) is 58.7 Å². The Balaban J connectivity index is 1.57. The molecule has 1 N–H and O–H groups in total. The molecule has 0 radical (unpaired) electrons. The molecule has 1 aromatic carbocycles. The van der Waals surface area contributed by atoms with Gasteiger partial charge in [-0.15, -0.1) is 0 Å². The molecule has 2 heterocycles. The number of amides is 1. The van der Waals surface area contributed by atoms with E-state index in [1.165, 1.54) is 22.9 Å². The summed E-state index contributed by atoms with van der Waals surface area (Å²) in [5, 5.41) is 4.04. The average Bonchev–Trinajstić information content (AvgIpc) is 3.11. The summed E-state index contributed by atoms with van der Waals surface area (Å²) in [6.45, 7) is 9.62. The summed E-state index contributed by atoms with van der Waals surface area (Å²) in [6, 6.07) is 6.70. The molecule has 3 rings (SSSR count). The molecule has 1 aliphatic heterocycles. The molecule has 1 amide bonds. The van der Waals surface area contributed by atoms with Crippen LogP contribution in [0.4, 0.5) is 0 Å². The van der Waals surface area contributed by atoms with Crippen LogP contribution < -0.4 is 5.32 Å². The first-order valence-electron chi connectivity index (χ1n) is 9.32. The molecule has 0 atom stereocenters. The van der Waals surface area contributed by atoms with Gasteiger partial charge in [-0.3, -0.25) is 9.36 Å². The van der Waals surface area contributed by atoms with Crippen molar-refractivity contribution in [1.29, 1.82) is 0 Å². The minimum absolute atomic E-state index is 0.0977. The van der Waals surface area contributed by atoms with Gasteiger partial charge in [0.2, 0.25) is 5.91 Å². The van der Waals surface area contributed by atoms with E-state index in [1.54, 1.807) is 6.20 Å². The van der Waals surface area contributed by atoms with Crippen LogP contribution in [0.15, 0.2) is 35.7 Å². The summed E-state index contributed by atoms with van der Waals surface area (Å²) in [5.41, 5.74) is 3.53. The lowest BCUT2D eigenvalue weighted by Gasteiger charge is -2.31. The highest BCUT2D eigenvalue weighted by atomic mass is 32.2. The van der Waals surface area contributed by atoms with Crippen LogP contribution in [0.25, 0.3) is 5.69 Å². The van der Waals surface area contributed by atoms with E-state index in [1.807, 2.05) is 6.20 Å². The van der Waals surface area contributed by atoms with E-state index in [9.17, 15) is 4.79 Å². The van der Waals surface area contributed by atoms with E-state index in [4.69, 9.17) is 0 Å². The fourth-order valence-corrected chi connectivity index (χ4v) is 4.13. The average molecular weight is 373 g/mol.